The smallest absolute Gasteiger partial charge is 0.306 e. The molecule has 2 unspecified atom stereocenters. The van der Waals surface area contributed by atoms with Crippen LogP contribution in [-0.4, -0.2) is 60.0 Å². The van der Waals surface area contributed by atoms with Crippen molar-refractivity contribution in [2.75, 3.05) is 26.7 Å². The van der Waals surface area contributed by atoms with Crippen molar-refractivity contribution in [3.05, 3.63) is 0 Å². The summed E-state index contributed by atoms with van der Waals surface area (Å²) in [7, 11) is 1.34. The molecule has 2 atom stereocenters. The van der Waals surface area contributed by atoms with Crippen LogP contribution in [0.25, 0.3) is 0 Å². The van der Waals surface area contributed by atoms with Crippen LogP contribution in [0.2, 0.25) is 0 Å². The standard InChI is InChI=1S/C8H15NO4/c1-13-8(12)2-3-9-4-6(10)7(11)5-9/h6-7,10-11H,2-5H2,1H3. The Labute approximate surface area is 76.9 Å². The van der Waals surface area contributed by atoms with E-state index in [0.29, 0.717) is 26.1 Å². The summed E-state index contributed by atoms with van der Waals surface area (Å²) in [6.45, 7) is 1.39. The fourth-order valence-corrected chi connectivity index (χ4v) is 1.38. The van der Waals surface area contributed by atoms with Crippen LogP contribution < -0.4 is 0 Å². The predicted octanol–water partition coefficient (Wildman–Crippen LogP) is -1.41. The minimum atomic E-state index is -0.683. The average molecular weight is 189 g/mol. The molecular formula is C8H15NO4. The minimum absolute atomic E-state index is 0.268. The Hall–Kier alpha value is -0.650. The molecule has 0 radical (unpaired) electrons. The molecule has 5 heteroatoms. The van der Waals surface area contributed by atoms with Crippen LogP contribution in [0.15, 0.2) is 0 Å². The molecule has 13 heavy (non-hydrogen) atoms. The lowest BCUT2D eigenvalue weighted by Crippen LogP contribution is -2.25. The van der Waals surface area contributed by atoms with E-state index in [1.807, 2.05) is 4.90 Å². The molecule has 0 amide bonds. The van der Waals surface area contributed by atoms with Gasteiger partial charge in [-0.15, -0.1) is 0 Å². The van der Waals surface area contributed by atoms with Gasteiger partial charge in [-0.3, -0.25) is 9.69 Å². The third kappa shape index (κ3) is 2.95. The molecule has 76 valence electrons. The van der Waals surface area contributed by atoms with E-state index in [-0.39, 0.29) is 5.97 Å². The number of aliphatic hydroxyl groups is 2. The van der Waals surface area contributed by atoms with Crippen LogP contribution in [0.5, 0.6) is 0 Å². The van der Waals surface area contributed by atoms with Gasteiger partial charge in [-0.2, -0.15) is 0 Å². The SMILES string of the molecule is COC(=O)CCN1CC(O)C(O)C1. The van der Waals surface area contributed by atoms with Gasteiger partial charge in [0.1, 0.15) is 0 Å². The largest absolute Gasteiger partial charge is 0.469 e. The first-order valence-corrected chi connectivity index (χ1v) is 4.28. The first kappa shape index (κ1) is 10.4. The molecule has 1 aliphatic rings. The van der Waals surface area contributed by atoms with E-state index in [2.05, 4.69) is 4.74 Å². The number of carbonyl (C=O) groups excluding carboxylic acids is 1. The molecule has 0 spiro atoms. The Kier molecular flexibility index (Phi) is 3.65. The quantitative estimate of drug-likeness (QED) is 0.534. The van der Waals surface area contributed by atoms with Crippen LogP contribution in [0.3, 0.4) is 0 Å². The Morgan fingerprint density at radius 1 is 1.46 bits per heavy atom. The summed E-state index contributed by atoms with van der Waals surface area (Å²) in [6, 6.07) is 0. The van der Waals surface area contributed by atoms with Gasteiger partial charge in [0, 0.05) is 19.6 Å². The summed E-state index contributed by atoms with van der Waals surface area (Å²) < 4.78 is 4.47. The highest BCUT2D eigenvalue weighted by Crippen LogP contribution is 2.09. The maximum atomic E-state index is 10.8. The third-order valence-corrected chi connectivity index (χ3v) is 2.19. The number of rotatable bonds is 3. The minimum Gasteiger partial charge on any atom is -0.469 e. The normalized spacial score (nSPS) is 29.2. The highest BCUT2D eigenvalue weighted by Gasteiger charge is 2.29. The van der Waals surface area contributed by atoms with Crippen LogP contribution in [0.4, 0.5) is 0 Å². The Balaban J connectivity index is 2.20. The average Bonchev–Trinajstić information content (AvgIpc) is 2.42. The van der Waals surface area contributed by atoms with E-state index >= 15 is 0 Å². The van der Waals surface area contributed by atoms with Gasteiger partial charge in [-0.25, -0.2) is 0 Å². The molecule has 0 aromatic rings. The van der Waals surface area contributed by atoms with Gasteiger partial charge in [-0.05, 0) is 0 Å². The number of likely N-dealkylation sites (tertiary alicyclic amines) is 1. The van der Waals surface area contributed by atoms with Crippen molar-refractivity contribution in [1.82, 2.24) is 4.90 Å². The zero-order valence-corrected chi connectivity index (χ0v) is 7.64. The summed E-state index contributed by atoms with van der Waals surface area (Å²) in [6.07, 6.45) is -1.06. The summed E-state index contributed by atoms with van der Waals surface area (Å²) in [4.78, 5) is 12.6. The number of hydrogen-bond acceptors (Lipinski definition) is 5. The number of carbonyl (C=O) groups is 1. The first-order valence-electron chi connectivity index (χ1n) is 4.28. The van der Waals surface area contributed by atoms with Crippen LogP contribution in [-0.2, 0) is 9.53 Å². The second-order valence-corrected chi connectivity index (χ2v) is 3.22. The van der Waals surface area contributed by atoms with Crippen LogP contribution in [0, 0.1) is 0 Å². The second-order valence-electron chi connectivity index (χ2n) is 3.22. The van der Waals surface area contributed by atoms with Gasteiger partial charge < -0.3 is 14.9 Å². The Morgan fingerprint density at radius 3 is 2.46 bits per heavy atom. The second kappa shape index (κ2) is 4.55. The number of β-amino-alcohol motifs (C(OH)–C–C–N with tert-alkyl or cyclic N) is 2. The highest BCUT2D eigenvalue weighted by molar-refractivity contribution is 5.69. The van der Waals surface area contributed by atoms with Gasteiger partial charge >= 0.3 is 5.97 Å². The van der Waals surface area contributed by atoms with E-state index in [4.69, 9.17) is 0 Å². The third-order valence-electron chi connectivity index (χ3n) is 2.19. The molecule has 5 nitrogen and oxygen atoms in total. The van der Waals surface area contributed by atoms with E-state index in [1.54, 1.807) is 0 Å². The Bertz CT molecular complexity index is 175. The van der Waals surface area contributed by atoms with Crippen molar-refractivity contribution in [3.63, 3.8) is 0 Å². The van der Waals surface area contributed by atoms with Crippen molar-refractivity contribution in [3.8, 4) is 0 Å². The van der Waals surface area contributed by atoms with Gasteiger partial charge in [0.25, 0.3) is 0 Å². The van der Waals surface area contributed by atoms with Gasteiger partial charge in [0.15, 0.2) is 0 Å². The molecule has 1 fully saturated rings. The fraction of sp³-hybridized carbons (Fsp3) is 0.875. The van der Waals surface area contributed by atoms with Gasteiger partial charge in [0.05, 0.1) is 25.7 Å². The first-order chi connectivity index (χ1) is 6.13. The number of ether oxygens (including phenoxy) is 1. The van der Waals surface area contributed by atoms with Crippen molar-refractivity contribution in [1.29, 1.82) is 0 Å². The summed E-state index contributed by atoms with van der Waals surface area (Å²) in [5.74, 6) is -0.268. The maximum Gasteiger partial charge on any atom is 0.306 e. The highest BCUT2D eigenvalue weighted by atomic mass is 16.5. The van der Waals surface area contributed by atoms with Gasteiger partial charge in [-0.1, -0.05) is 0 Å². The molecule has 0 aliphatic carbocycles. The molecule has 0 aromatic heterocycles. The number of methoxy groups -OCH3 is 1. The van der Waals surface area contributed by atoms with Gasteiger partial charge in [0.2, 0.25) is 0 Å². The molecule has 0 bridgehead atoms. The number of hydrogen-bond donors (Lipinski definition) is 2. The van der Waals surface area contributed by atoms with Crippen molar-refractivity contribution in [2.24, 2.45) is 0 Å². The number of esters is 1. The molecule has 0 aromatic carbocycles. The Morgan fingerprint density at radius 2 is 2.00 bits per heavy atom. The lowest BCUT2D eigenvalue weighted by atomic mass is 10.3. The zero-order valence-electron chi connectivity index (χ0n) is 7.64. The van der Waals surface area contributed by atoms with E-state index in [9.17, 15) is 15.0 Å². The van der Waals surface area contributed by atoms with E-state index in [0.717, 1.165) is 0 Å². The van der Waals surface area contributed by atoms with Crippen LogP contribution in [0.1, 0.15) is 6.42 Å². The molecule has 1 saturated heterocycles. The van der Waals surface area contributed by atoms with Crippen molar-refractivity contribution >= 4 is 5.97 Å². The van der Waals surface area contributed by atoms with E-state index in [1.165, 1.54) is 7.11 Å². The number of nitrogens with zero attached hydrogens (tertiary/aromatic N) is 1. The number of aliphatic hydroxyl groups excluding tert-OH is 2. The molecule has 1 heterocycles. The lowest BCUT2D eigenvalue weighted by Gasteiger charge is -2.12. The summed E-state index contributed by atoms with van der Waals surface area (Å²) in [5.41, 5.74) is 0. The topological polar surface area (TPSA) is 70.0 Å². The predicted molar refractivity (Wildman–Crippen MR) is 45.1 cm³/mol. The molecular weight excluding hydrogens is 174 g/mol. The molecule has 2 N–H and O–H groups in total. The van der Waals surface area contributed by atoms with Crippen molar-refractivity contribution in [2.45, 2.75) is 18.6 Å². The van der Waals surface area contributed by atoms with Crippen molar-refractivity contribution < 1.29 is 19.7 Å². The van der Waals surface area contributed by atoms with E-state index < -0.39 is 12.2 Å². The van der Waals surface area contributed by atoms with Crippen LogP contribution >= 0.6 is 0 Å². The fourth-order valence-electron chi connectivity index (χ4n) is 1.38. The zero-order chi connectivity index (χ0) is 9.84. The summed E-state index contributed by atoms with van der Waals surface area (Å²) in [5, 5.41) is 18.4. The lowest BCUT2D eigenvalue weighted by molar-refractivity contribution is -0.140. The molecule has 1 rings (SSSR count). The maximum absolute atomic E-state index is 10.8. The monoisotopic (exact) mass is 189 g/mol. The summed E-state index contributed by atoms with van der Waals surface area (Å²) >= 11 is 0. The molecule has 0 saturated carbocycles. The molecule has 1 aliphatic heterocycles.